The van der Waals surface area contributed by atoms with Crippen molar-refractivity contribution in [2.24, 2.45) is 0 Å². The van der Waals surface area contributed by atoms with Gasteiger partial charge in [0.25, 0.3) is 0 Å². The zero-order chi connectivity index (χ0) is 10.5. The highest BCUT2D eigenvalue weighted by Gasteiger charge is 2.42. The first-order valence-corrected chi connectivity index (χ1v) is 5.77. The van der Waals surface area contributed by atoms with Gasteiger partial charge >= 0.3 is 0 Å². The molecule has 1 aliphatic carbocycles. The van der Waals surface area contributed by atoms with Crippen LogP contribution in [0.1, 0.15) is 18.4 Å². The van der Waals surface area contributed by atoms with E-state index in [-0.39, 0.29) is 6.79 Å². The fourth-order valence-electron chi connectivity index (χ4n) is 1.82. The lowest BCUT2D eigenvalue weighted by molar-refractivity contribution is 0.147. The van der Waals surface area contributed by atoms with Crippen LogP contribution < -0.4 is 9.47 Å². The third-order valence-electron chi connectivity index (χ3n) is 2.92. The Morgan fingerprint density at radius 1 is 1.33 bits per heavy atom. The van der Waals surface area contributed by atoms with E-state index in [1.807, 2.05) is 12.1 Å². The molecule has 1 N–H and O–H groups in total. The van der Waals surface area contributed by atoms with Crippen LogP contribution in [-0.4, -0.2) is 17.5 Å². The quantitative estimate of drug-likeness (QED) is 0.896. The second kappa shape index (κ2) is 3.12. The van der Waals surface area contributed by atoms with Gasteiger partial charge in [0, 0.05) is 16.5 Å². The lowest BCUT2D eigenvalue weighted by Crippen LogP contribution is -2.11. The number of halogens is 1. The predicted octanol–water partition coefficient (Wildman–Crippen LogP) is 2.25. The van der Waals surface area contributed by atoms with Gasteiger partial charge in [0.05, 0.1) is 5.60 Å². The minimum Gasteiger partial charge on any atom is -0.454 e. The van der Waals surface area contributed by atoms with Crippen LogP contribution in [0.25, 0.3) is 0 Å². The Labute approximate surface area is 96.1 Å². The van der Waals surface area contributed by atoms with E-state index in [1.54, 1.807) is 0 Å². The summed E-state index contributed by atoms with van der Waals surface area (Å²) in [6, 6.07) is 3.82. The molecule has 1 aromatic carbocycles. The van der Waals surface area contributed by atoms with Crippen LogP contribution in [0.15, 0.2) is 16.6 Å². The molecule has 2 aliphatic rings. The fourth-order valence-corrected chi connectivity index (χ4v) is 2.27. The van der Waals surface area contributed by atoms with Gasteiger partial charge in [0.1, 0.15) is 0 Å². The van der Waals surface area contributed by atoms with E-state index in [9.17, 15) is 5.11 Å². The third kappa shape index (κ3) is 1.62. The molecule has 1 fully saturated rings. The van der Waals surface area contributed by atoms with Crippen LogP contribution in [0.3, 0.4) is 0 Å². The van der Waals surface area contributed by atoms with E-state index in [4.69, 9.17) is 9.47 Å². The number of fused-ring (bicyclic) bond motifs is 1. The van der Waals surface area contributed by atoms with E-state index >= 15 is 0 Å². The van der Waals surface area contributed by atoms with E-state index in [0.29, 0.717) is 6.42 Å². The smallest absolute Gasteiger partial charge is 0.231 e. The molecule has 80 valence electrons. The Bertz CT molecular complexity index is 413. The molecule has 1 heterocycles. The number of benzene rings is 1. The SMILES string of the molecule is OC1(Cc2c(Br)ccc3c2OCO3)CC1. The van der Waals surface area contributed by atoms with Crippen LogP contribution in [0, 0.1) is 0 Å². The summed E-state index contributed by atoms with van der Waals surface area (Å²) in [4.78, 5) is 0. The fraction of sp³-hybridized carbons (Fsp3) is 0.455. The van der Waals surface area contributed by atoms with Crippen molar-refractivity contribution < 1.29 is 14.6 Å². The summed E-state index contributed by atoms with van der Waals surface area (Å²) in [5.74, 6) is 1.56. The topological polar surface area (TPSA) is 38.7 Å². The molecule has 3 nitrogen and oxygen atoms in total. The maximum absolute atomic E-state index is 9.92. The molecule has 1 aromatic rings. The summed E-state index contributed by atoms with van der Waals surface area (Å²) in [6.07, 6.45) is 2.40. The Balaban J connectivity index is 2.01. The monoisotopic (exact) mass is 270 g/mol. The highest BCUT2D eigenvalue weighted by Crippen LogP contribution is 2.46. The molecule has 0 unspecified atom stereocenters. The van der Waals surface area contributed by atoms with Crippen molar-refractivity contribution in [3.8, 4) is 11.5 Å². The van der Waals surface area contributed by atoms with Crippen molar-refractivity contribution >= 4 is 15.9 Å². The van der Waals surface area contributed by atoms with E-state index in [0.717, 1.165) is 34.4 Å². The molecule has 1 aliphatic heterocycles. The minimum absolute atomic E-state index is 0.275. The normalized spacial score (nSPS) is 20.4. The lowest BCUT2D eigenvalue weighted by atomic mass is 10.1. The van der Waals surface area contributed by atoms with E-state index in [2.05, 4.69) is 15.9 Å². The van der Waals surface area contributed by atoms with Gasteiger partial charge in [-0.25, -0.2) is 0 Å². The Hall–Kier alpha value is -0.740. The molecule has 0 spiro atoms. The van der Waals surface area contributed by atoms with Gasteiger partial charge in [-0.3, -0.25) is 0 Å². The van der Waals surface area contributed by atoms with Gasteiger partial charge in [-0.15, -0.1) is 0 Å². The van der Waals surface area contributed by atoms with Gasteiger partial charge in [-0.1, -0.05) is 15.9 Å². The molecule has 4 heteroatoms. The van der Waals surface area contributed by atoms with Crippen LogP contribution in [0.4, 0.5) is 0 Å². The van der Waals surface area contributed by atoms with Crippen molar-refractivity contribution in [2.45, 2.75) is 24.9 Å². The van der Waals surface area contributed by atoms with E-state index < -0.39 is 5.60 Å². The maximum Gasteiger partial charge on any atom is 0.231 e. The summed E-state index contributed by atoms with van der Waals surface area (Å²) in [6.45, 7) is 0.275. The molecule has 0 bridgehead atoms. The van der Waals surface area contributed by atoms with Crippen molar-refractivity contribution in [1.29, 1.82) is 0 Å². The number of rotatable bonds is 2. The molecule has 0 aromatic heterocycles. The number of hydrogen-bond donors (Lipinski definition) is 1. The second-order valence-corrected chi connectivity index (χ2v) is 5.02. The van der Waals surface area contributed by atoms with Gasteiger partial charge in [-0.2, -0.15) is 0 Å². The summed E-state index contributed by atoms with van der Waals surface area (Å²) in [7, 11) is 0. The predicted molar refractivity (Wildman–Crippen MR) is 58.2 cm³/mol. The number of ether oxygens (including phenoxy) is 2. The molecule has 3 rings (SSSR count). The second-order valence-electron chi connectivity index (χ2n) is 4.16. The average Bonchev–Trinajstić information content (AvgIpc) is 2.78. The first-order valence-electron chi connectivity index (χ1n) is 4.97. The minimum atomic E-state index is -0.510. The summed E-state index contributed by atoms with van der Waals surface area (Å²) in [5, 5.41) is 9.92. The molecule has 0 radical (unpaired) electrons. The largest absolute Gasteiger partial charge is 0.454 e. The van der Waals surface area contributed by atoms with Crippen LogP contribution in [0.5, 0.6) is 11.5 Å². The highest BCUT2D eigenvalue weighted by molar-refractivity contribution is 9.10. The molecular weight excluding hydrogens is 260 g/mol. The van der Waals surface area contributed by atoms with Crippen LogP contribution in [0.2, 0.25) is 0 Å². The maximum atomic E-state index is 9.92. The van der Waals surface area contributed by atoms with Crippen molar-refractivity contribution in [3.05, 3.63) is 22.2 Å². The standard InChI is InChI=1S/C11H11BrO3/c12-8-1-2-9-10(15-6-14-9)7(8)5-11(13)3-4-11/h1-2,13H,3-6H2. The number of hydrogen-bond acceptors (Lipinski definition) is 3. The van der Waals surface area contributed by atoms with Crippen LogP contribution in [-0.2, 0) is 6.42 Å². The van der Waals surface area contributed by atoms with Gasteiger partial charge < -0.3 is 14.6 Å². The number of aliphatic hydroxyl groups is 1. The van der Waals surface area contributed by atoms with Crippen molar-refractivity contribution in [2.75, 3.05) is 6.79 Å². The lowest BCUT2D eigenvalue weighted by Gasteiger charge is -2.11. The van der Waals surface area contributed by atoms with Crippen molar-refractivity contribution in [3.63, 3.8) is 0 Å². The summed E-state index contributed by atoms with van der Waals surface area (Å²) in [5.41, 5.74) is 0.508. The van der Waals surface area contributed by atoms with Gasteiger partial charge in [-0.05, 0) is 25.0 Å². The Morgan fingerprint density at radius 3 is 2.87 bits per heavy atom. The molecule has 0 saturated heterocycles. The van der Waals surface area contributed by atoms with Crippen molar-refractivity contribution in [1.82, 2.24) is 0 Å². The van der Waals surface area contributed by atoms with E-state index in [1.165, 1.54) is 0 Å². The van der Waals surface area contributed by atoms with Crippen LogP contribution >= 0.6 is 15.9 Å². The molecule has 0 atom stereocenters. The first-order chi connectivity index (χ1) is 7.18. The summed E-state index contributed by atoms with van der Waals surface area (Å²) >= 11 is 3.48. The zero-order valence-electron chi connectivity index (χ0n) is 8.12. The zero-order valence-corrected chi connectivity index (χ0v) is 9.71. The average molecular weight is 271 g/mol. The van der Waals surface area contributed by atoms with Gasteiger partial charge in [0.2, 0.25) is 6.79 Å². The Morgan fingerprint density at radius 2 is 2.13 bits per heavy atom. The van der Waals surface area contributed by atoms with Gasteiger partial charge in [0.15, 0.2) is 11.5 Å². The third-order valence-corrected chi connectivity index (χ3v) is 3.66. The molecule has 15 heavy (non-hydrogen) atoms. The molecule has 1 saturated carbocycles. The Kier molecular flexibility index (Phi) is 1.97. The highest BCUT2D eigenvalue weighted by atomic mass is 79.9. The first kappa shape index (κ1) is 9.48. The molecule has 0 amide bonds. The molecular formula is C11H11BrO3. The summed E-state index contributed by atoms with van der Waals surface area (Å²) < 4.78 is 11.7.